The van der Waals surface area contributed by atoms with Gasteiger partial charge in [-0.3, -0.25) is 0 Å². The first-order chi connectivity index (χ1) is 9.10. The van der Waals surface area contributed by atoms with Crippen molar-refractivity contribution in [1.82, 2.24) is 9.97 Å². The molecule has 0 aliphatic carbocycles. The molecule has 0 saturated carbocycles. The Kier molecular flexibility index (Phi) is 4.03. The Hall–Kier alpha value is -0.830. The highest BCUT2D eigenvalue weighted by Crippen LogP contribution is 2.34. The van der Waals surface area contributed by atoms with Gasteiger partial charge in [0.1, 0.15) is 16.8 Å². The van der Waals surface area contributed by atoms with Gasteiger partial charge in [0.15, 0.2) is 0 Å². The molecule has 1 aromatic rings. The zero-order valence-electron chi connectivity index (χ0n) is 13.5. The van der Waals surface area contributed by atoms with Gasteiger partial charge in [-0.05, 0) is 25.2 Å². The molecule has 2 rings (SSSR count). The first kappa shape index (κ1) is 15.6. The molecule has 3 nitrogen and oxygen atoms in total. The zero-order valence-corrected chi connectivity index (χ0v) is 14.3. The molecule has 0 spiro atoms. The third-order valence-corrected chi connectivity index (χ3v) is 4.52. The summed E-state index contributed by atoms with van der Waals surface area (Å²) in [7, 11) is 0. The Balaban J connectivity index is 2.34. The second kappa shape index (κ2) is 5.18. The van der Waals surface area contributed by atoms with E-state index in [0.29, 0.717) is 10.6 Å². The maximum Gasteiger partial charge on any atom is 0.137 e. The Labute approximate surface area is 127 Å². The Bertz CT molecular complexity index is 493. The molecule has 0 amide bonds. The average Bonchev–Trinajstić information content (AvgIpc) is 2.31. The van der Waals surface area contributed by atoms with Crippen LogP contribution in [0.3, 0.4) is 0 Å². The summed E-state index contributed by atoms with van der Waals surface area (Å²) in [5, 5.41) is 0.588. The SMILES string of the molecule is Cc1c(Cl)nc(C(C)(C)C)nc1N1CCC(C)(C)CC1. The van der Waals surface area contributed by atoms with Crippen LogP contribution in [-0.2, 0) is 5.41 Å². The van der Waals surface area contributed by atoms with Gasteiger partial charge in [-0.1, -0.05) is 46.2 Å². The zero-order chi connectivity index (χ0) is 15.1. The number of aromatic nitrogens is 2. The van der Waals surface area contributed by atoms with Crippen molar-refractivity contribution in [3.8, 4) is 0 Å². The molecule has 0 aromatic carbocycles. The Morgan fingerprint density at radius 2 is 1.65 bits per heavy atom. The number of rotatable bonds is 1. The molecular weight excluding hydrogens is 270 g/mol. The summed E-state index contributed by atoms with van der Waals surface area (Å²) in [6, 6.07) is 0. The van der Waals surface area contributed by atoms with Crippen molar-refractivity contribution in [2.24, 2.45) is 5.41 Å². The van der Waals surface area contributed by atoms with E-state index in [2.05, 4.69) is 44.5 Å². The van der Waals surface area contributed by atoms with Crippen molar-refractivity contribution in [2.45, 2.75) is 59.8 Å². The molecule has 1 aliphatic rings. The molecule has 4 heteroatoms. The second-order valence-corrected chi connectivity index (χ2v) is 8.05. The summed E-state index contributed by atoms with van der Waals surface area (Å²) >= 11 is 6.32. The van der Waals surface area contributed by atoms with Gasteiger partial charge < -0.3 is 4.90 Å². The van der Waals surface area contributed by atoms with Crippen LogP contribution in [0.15, 0.2) is 0 Å². The molecule has 0 radical (unpaired) electrons. The summed E-state index contributed by atoms with van der Waals surface area (Å²) in [5.41, 5.74) is 1.36. The van der Waals surface area contributed by atoms with E-state index in [1.54, 1.807) is 0 Å². The van der Waals surface area contributed by atoms with Crippen molar-refractivity contribution in [1.29, 1.82) is 0 Å². The van der Waals surface area contributed by atoms with Gasteiger partial charge in [0.05, 0.1) is 0 Å². The van der Waals surface area contributed by atoms with Crippen molar-refractivity contribution in [3.63, 3.8) is 0 Å². The van der Waals surface area contributed by atoms with E-state index in [0.717, 1.165) is 30.3 Å². The fourth-order valence-corrected chi connectivity index (χ4v) is 2.61. The van der Waals surface area contributed by atoms with Gasteiger partial charge in [-0.2, -0.15) is 0 Å². The average molecular weight is 296 g/mol. The highest BCUT2D eigenvalue weighted by molar-refractivity contribution is 6.30. The maximum atomic E-state index is 6.32. The van der Waals surface area contributed by atoms with Crippen molar-refractivity contribution < 1.29 is 0 Å². The lowest BCUT2D eigenvalue weighted by Crippen LogP contribution is -2.38. The highest BCUT2D eigenvalue weighted by atomic mass is 35.5. The van der Waals surface area contributed by atoms with E-state index in [9.17, 15) is 0 Å². The molecule has 2 heterocycles. The van der Waals surface area contributed by atoms with Crippen molar-refractivity contribution in [2.75, 3.05) is 18.0 Å². The molecule has 0 N–H and O–H groups in total. The normalized spacial score (nSPS) is 19.2. The lowest BCUT2D eigenvalue weighted by Gasteiger charge is -2.38. The molecule has 1 fully saturated rings. The Morgan fingerprint density at radius 1 is 1.10 bits per heavy atom. The molecule has 0 unspecified atom stereocenters. The van der Waals surface area contributed by atoms with Crippen LogP contribution in [0.2, 0.25) is 5.15 Å². The Morgan fingerprint density at radius 3 is 2.15 bits per heavy atom. The standard InChI is InChI=1S/C16H26ClN3/c1-11-12(17)18-14(15(2,3)4)19-13(11)20-9-7-16(5,6)8-10-20/h7-10H2,1-6H3. The summed E-state index contributed by atoms with van der Waals surface area (Å²) < 4.78 is 0. The van der Waals surface area contributed by atoms with E-state index in [1.807, 2.05) is 6.92 Å². The van der Waals surface area contributed by atoms with Crippen molar-refractivity contribution in [3.05, 3.63) is 16.5 Å². The highest BCUT2D eigenvalue weighted by Gasteiger charge is 2.28. The van der Waals surface area contributed by atoms with Gasteiger partial charge in [-0.15, -0.1) is 0 Å². The first-order valence-electron chi connectivity index (χ1n) is 7.40. The predicted molar refractivity (Wildman–Crippen MR) is 85.7 cm³/mol. The van der Waals surface area contributed by atoms with Gasteiger partial charge in [0.2, 0.25) is 0 Å². The summed E-state index contributed by atoms with van der Waals surface area (Å²) in [5.74, 6) is 1.85. The topological polar surface area (TPSA) is 29.0 Å². The maximum absolute atomic E-state index is 6.32. The van der Waals surface area contributed by atoms with Crippen LogP contribution in [0.5, 0.6) is 0 Å². The van der Waals surface area contributed by atoms with Gasteiger partial charge in [-0.25, -0.2) is 9.97 Å². The minimum absolute atomic E-state index is 0.0822. The van der Waals surface area contributed by atoms with Gasteiger partial charge in [0, 0.05) is 24.1 Å². The smallest absolute Gasteiger partial charge is 0.137 e. The van der Waals surface area contributed by atoms with Crippen LogP contribution in [0, 0.1) is 12.3 Å². The molecule has 0 atom stereocenters. The fourth-order valence-electron chi connectivity index (χ4n) is 2.45. The van der Waals surface area contributed by atoms with E-state index in [1.165, 1.54) is 12.8 Å². The van der Waals surface area contributed by atoms with Gasteiger partial charge >= 0.3 is 0 Å². The number of piperidine rings is 1. The number of hydrogen-bond donors (Lipinski definition) is 0. The monoisotopic (exact) mass is 295 g/mol. The third kappa shape index (κ3) is 3.25. The molecule has 1 aliphatic heterocycles. The quantitative estimate of drug-likeness (QED) is 0.721. The van der Waals surface area contributed by atoms with Crippen LogP contribution >= 0.6 is 11.6 Å². The number of hydrogen-bond acceptors (Lipinski definition) is 3. The first-order valence-corrected chi connectivity index (χ1v) is 7.77. The molecule has 0 bridgehead atoms. The number of nitrogens with zero attached hydrogens (tertiary/aromatic N) is 3. The molecule has 1 aromatic heterocycles. The molecule has 112 valence electrons. The third-order valence-electron chi connectivity index (χ3n) is 4.15. The summed E-state index contributed by atoms with van der Waals surface area (Å²) in [6.45, 7) is 15.2. The van der Waals surface area contributed by atoms with E-state index < -0.39 is 0 Å². The molecule has 20 heavy (non-hydrogen) atoms. The van der Waals surface area contributed by atoms with E-state index >= 15 is 0 Å². The summed E-state index contributed by atoms with van der Waals surface area (Å²) in [4.78, 5) is 11.6. The largest absolute Gasteiger partial charge is 0.356 e. The second-order valence-electron chi connectivity index (χ2n) is 7.69. The summed E-state index contributed by atoms with van der Waals surface area (Å²) in [6.07, 6.45) is 2.39. The molecule has 1 saturated heterocycles. The lowest BCUT2D eigenvalue weighted by atomic mass is 9.82. The minimum Gasteiger partial charge on any atom is -0.356 e. The molecular formula is C16H26ClN3. The van der Waals surface area contributed by atoms with Crippen LogP contribution in [0.4, 0.5) is 5.82 Å². The minimum atomic E-state index is -0.0822. The van der Waals surface area contributed by atoms with Crippen LogP contribution in [0.25, 0.3) is 0 Å². The van der Waals surface area contributed by atoms with Crippen molar-refractivity contribution >= 4 is 17.4 Å². The fraction of sp³-hybridized carbons (Fsp3) is 0.750. The van der Waals surface area contributed by atoms with Crippen LogP contribution in [-0.4, -0.2) is 23.1 Å². The van der Waals surface area contributed by atoms with Crippen LogP contribution < -0.4 is 4.90 Å². The van der Waals surface area contributed by atoms with E-state index in [4.69, 9.17) is 16.6 Å². The lowest BCUT2D eigenvalue weighted by molar-refractivity contribution is 0.278. The number of anilines is 1. The van der Waals surface area contributed by atoms with E-state index in [-0.39, 0.29) is 5.41 Å². The van der Waals surface area contributed by atoms with Crippen LogP contribution in [0.1, 0.15) is 58.8 Å². The van der Waals surface area contributed by atoms with Gasteiger partial charge in [0.25, 0.3) is 0 Å². The number of halogens is 1. The predicted octanol–water partition coefficient (Wildman–Crippen LogP) is 4.36.